The topological polar surface area (TPSA) is 32.5 Å². The number of thiophene rings is 1. The van der Waals surface area contributed by atoms with Gasteiger partial charge in [-0.2, -0.15) is 0 Å². The summed E-state index contributed by atoms with van der Waals surface area (Å²) in [5.41, 5.74) is 6.06. The van der Waals surface area contributed by atoms with Gasteiger partial charge in [0.25, 0.3) is 0 Å². The van der Waals surface area contributed by atoms with Crippen molar-refractivity contribution < 1.29 is 0 Å². The van der Waals surface area contributed by atoms with Gasteiger partial charge in [-0.1, -0.05) is 0 Å². The summed E-state index contributed by atoms with van der Waals surface area (Å²) in [6.45, 7) is 5.64. The Morgan fingerprint density at radius 3 is 2.65 bits per heavy atom. The van der Waals surface area contributed by atoms with Gasteiger partial charge in [0.1, 0.15) is 0 Å². The van der Waals surface area contributed by atoms with Crippen LogP contribution in [0.15, 0.2) is 14.3 Å². The number of nitrogens with zero attached hydrogens (tertiary/aromatic N) is 2. The molecule has 0 aromatic carbocycles. The minimum Gasteiger partial charge on any atom is -0.329 e. The van der Waals surface area contributed by atoms with Crippen molar-refractivity contribution in [3.63, 3.8) is 0 Å². The van der Waals surface area contributed by atoms with E-state index in [2.05, 4.69) is 47.7 Å². The van der Waals surface area contributed by atoms with Crippen LogP contribution in [0.3, 0.4) is 0 Å². The highest BCUT2D eigenvalue weighted by Crippen LogP contribution is 2.38. The number of hydrogen-bond acceptors (Lipinski definition) is 4. The molecule has 20 heavy (non-hydrogen) atoms. The molecule has 1 aromatic rings. The van der Waals surface area contributed by atoms with Crippen molar-refractivity contribution in [2.45, 2.75) is 31.3 Å². The Kier molecular flexibility index (Phi) is 5.21. The number of hydrogen-bond donors (Lipinski definition) is 1. The fourth-order valence-corrected chi connectivity index (χ4v) is 5.67. The molecule has 2 atom stereocenters. The molecular weight excluding hydrogens is 402 g/mol. The van der Waals surface area contributed by atoms with Gasteiger partial charge in [0, 0.05) is 35.0 Å². The molecule has 0 saturated carbocycles. The highest BCUT2D eigenvalue weighted by molar-refractivity contribution is 9.13. The Morgan fingerprint density at radius 1 is 1.30 bits per heavy atom. The second-order valence-corrected chi connectivity index (χ2v) is 8.96. The summed E-state index contributed by atoms with van der Waals surface area (Å²) in [6.07, 6.45) is 4.05. The maximum Gasteiger partial charge on any atom is 0.0843 e. The molecule has 0 aliphatic carbocycles. The third-order valence-corrected chi connectivity index (χ3v) is 7.87. The van der Waals surface area contributed by atoms with Crippen molar-refractivity contribution in [3.8, 4) is 0 Å². The maximum atomic E-state index is 6.06. The van der Waals surface area contributed by atoms with Crippen LogP contribution in [-0.4, -0.2) is 48.6 Å². The normalized spacial score (nSPS) is 26.4. The van der Waals surface area contributed by atoms with E-state index in [4.69, 9.17) is 5.73 Å². The van der Waals surface area contributed by atoms with Gasteiger partial charge in [0.2, 0.25) is 0 Å². The van der Waals surface area contributed by atoms with Crippen LogP contribution in [-0.2, 0) is 0 Å². The Labute approximate surface area is 141 Å². The Balaban J connectivity index is 1.68. The smallest absolute Gasteiger partial charge is 0.0843 e. The molecule has 3 nitrogen and oxygen atoms in total. The minimum absolute atomic E-state index is 0.371. The number of halogens is 2. The molecule has 2 aliphatic heterocycles. The fraction of sp³-hybridized carbons (Fsp3) is 0.714. The lowest BCUT2D eigenvalue weighted by Gasteiger charge is -2.28. The summed E-state index contributed by atoms with van der Waals surface area (Å²) in [6, 6.07) is 3.34. The van der Waals surface area contributed by atoms with Crippen molar-refractivity contribution in [1.82, 2.24) is 9.80 Å². The van der Waals surface area contributed by atoms with Crippen LogP contribution in [0.5, 0.6) is 0 Å². The van der Waals surface area contributed by atoms with Crippen LogP contribution in [0.25, 0.3) is 0 Å². The highest BCUT2D eigenvalue weighted by Gasteiger charge is 2.33. The average Bonchev–Trinajstić information content (AvgIpc) is 3.13. The van der Waals surface area contributed by atoms with Crippen molar-refractivity contribution in [3.05, 3.63) is 19.2 Å². The van der Waals surface area contributed by atoms with Gasteiger partial charge >= 0.3 is 0 Å². The molecule has 1 aromatic heterocycles. The predicted octanol–water partition coefficient (Wildman–Crippen LogP) is 3.44. The van der Waals surface area contributed by atoms with Crippen LogP contribution in [0.2, 0.25) is 0 Å². The number of rotatable bonds is 4. The average molecular weight is 423 g/mol. The van der Waals surface area contributed by atoms with Gasteiger partial charge in [0.15, 0.2) is 0 Å². The molecular formula is C14H21Br2N3S. The van der Waals surface area contributed by atoms with E-state index in [1.54, 1.807) is 11.3 Å². The highest BCUT2D eigenvalue weighted by atomic mass is 79.9. The molecule has 2 N–H and O–H groups in total. The van der Waals surface area contributed by atoms with E-state index in [1.807, 2.05) is 0 Å². The molecule has 112 valence electrons. The molecule has 3 heterocycles. The second-order valence-electron chi connectivity index (χ2n) is 5.70. The minimum atomic E-state index is 0.371. The van der Waals surface area contributed by atoms with Gasteiger partial charge in [-0.15, -0.1) is 11.3 Å². The predicted molar refractivity (Wildman–Crippen MR) is 92.3 cm³/mol. The zero-order valence-corrected chi connectivity index (χ0v) is 15.5. The quantitative estimate of drug-likeness (QED) is 0.806. The van der Waals surface area contributed by atoms with Gasteiger partial charge in [-0.3, -0.25) is 9.80 Å². The van der Waals surface area contributed by atoms with Gasteiger partial charge in [-0.05, 0) is 70.3 Å². The molecule has 3 rings (SSSR count). The zero-order chi connectivity index (χ0) is 14.1. The van der Waals surface area contributed by atoms with Crippen molar-refractivity contribution in [2.75, 3.05) is 32.7 Å². The number of nitrogens with two attached hydrogens (primary N) is 1. The Hall–Kier alpha value is 0.540. The first-order valence-electron chi connectivity index (χ1n) is 7.32. The molecule has 0 bridgehead atoms. The zero-order valence-electron chi connectivity index (χ0n) is 11.5. The van der Waals surface area contributed by atoms with Gasteiger partial charge in [0.05, 0.1) is 9.83 Å². The molecule has 0 radical (unpaired) electrons. The van der Waals surface area contributed by atoms with Crippen LogP contribution in [0.1, 0.15) is 30.2 Å². The number of likely N-dealkylation sites (tertiary alicyclic amines) is 2. The first kappa shape index (κ1) is 15.4. The first-order chi connectivity index (χ1) is 9.69. The van der Waals surface area contributed by atoms with Crippen LogP contribution < -0.4 is 5.73 Å². The molecule has 2 fully saturated rings. The van der Waals surface area contributed by atoms with E-state index in [-0.39, 0.29) is 0 Å². The van der Waals surface area contributed by atoms with Crippen molar-refractivity contribution in [2.24, 2.45) is 5.73 Å². The van der Waals surface area contributed by atoms with Gasteiger partial charge in [-0.25, -0.2) is 0 Å². The summed E-state index contributed by atoms with van der Waals surface area (Å²) in [4.78, 5) is 6.62. The van der Waals surface area contributed by atoms with Crippen molar-refractivity contribution in [1.29, 1.82) is 0 Å². The second kappa shape index (κ2) is 6.75. The van der Waals surface area contributed by atoms with Crippen LogP contribution in [0.4, 0.5) is 0 Å². The molecule has 0 spiro atoms. The Bertz CT molecular complexity index is 440. The van der Waals surface area contributed by atoms with E-state index in [0.717, 1.165) is 10.5 Å². The molecule has 2 unspecified atom stereocenters. The van der Waals surface area contributed by atoms with Crippen molar-refractivity contribution >= 4 is 43.2 Å². The van der Waals surface area contributed by atoms with E-state index in [0.29, 0.717) is 12.6 Å². The van der Waals surface area contributed by atoms with Crippen LogP contribution >= 0.6 is 43.2 Å². The molecule has 0 amide bonds. The van der Waals surface area contributed by atoms with Gasteiger partial charge < -0.3 is 5.73 Å². The van der Waals surface area contributed by atoms with E-state index >= 15 is 0 Å². The lowest BCUT2D eigenvalue weighted by molar-refractivity contribution is 0.204. The first-order valence-corrected chi connectivity index (χ1v) is 9.72. The SMILES string of the molecule is NCC(c1cc(Br)c(Br)s1)N1CCC(N2CCCC2)C1. The third-order valence-electron chi connectivity index (χ3n) is 4.51. The summed E-state index contributed by atoms with van der Waals surface area (Å²) in [5, 5.41) is 0. The van der Waals surface area contributed by atoms with Crippen LogP contribution in [0, 0.1) is 0 Å². The maximum absolute atomic E-state index is 6.06. The largest absolute Gasteiger partial charge is 0.329 e. The van der Waals surface area contributed by atoms with E-state index in [9.17, 15) is 0 Å². The molecule has 6 heteroatoms. The lowest BCUT2D eigenvalue weighted by Crippen LogP contribution is -2.37. The summed E-state index contributed by atoms with van der Waals surface area (Å²) in [5.74, 6) is 0. The summed E-state index contributed by atoms with van der Waals surface area (Å²) in [7, 11) is 0. The Morgan fingerprint density at radius 2 is 2.05 bits per heavy atom. The monoisotopic (exact) mass is 421 g/mol. The summed E-state index contributed by atoms with van der Waals surface area (Å²) < 4.78 is 2.31. The van der Waals surface area contributed by atoms with E-state index in [1.165, 1.54) is 54.1 Å². The standard InChI is InChI=1S/C14H21Br2N3S/c15-11-7-13(20-14(11)16)12(8-17)19-6-3-10(9-19)18-4-1-2-5-18/h7,10,12H,1-6,8-9,17H2. The third kappa shape index (κ3) is 3.15. The lowest BCUT2D eigenvalue weighted by atomic mass is 10.2. The molecule has 2 aliphatic rings. The summed E-state index contributed by atoms with van der Waals surface area (Å²) >= 11 is 8.98. The fourth-order valence-electron chi connectivity index (χ4n) is 3.43. The van der Waals surface area contributed by atoms with E-state index < -0.39 is 0 Å². The molecule has 2 saturated heterocycles.